The van der Waals surface area contributed by atoms with Crippen LogP contribution in [-0.2, 0) is 0 Å². The molecule has 0 aliphatic rings. The molecule has 5 nitrogen and oxygen atoms in total. The van der Waals surface area contributed by atoms with Crippen molar-refractivity contribution < 1.29 is 4.92 Å². The van der Waals surface area contributed by atoms with Crippen LogP contribution in [0.5, 0.6) is 0 Å². The normalized spacial score (nSPS) is 10.5. The van der Waals surface area contributed by atoms with Crippen molar-refractivity contribution in [3.8, 4) is 21.8 Å². The lowest BCUT2D eigenvalue weighted by atomic mass is 10.1. The molecule has 3 rings (SSSR count). The highest BCUT2D eigenvalue weighted by Crippen LogP contribution is 2.35. The maximum absolute atomic E-state index is 11.0. The monoisotopic (exact) mass is 325 g/mol. The molecule has 0 atom stereocenters. The van der Waals surface area contributed by atoms with Crippen LogP contribution in [0.1, 0.15) is 5.56 Å². The standard InChI is InChI=1S/C17H15N3O2S/c1-11-3-5-12(6-4-11)16-10-23-17(19-16)14-9-13(20(21)22)7-8-15(14)18-2/h3-10,18H,1-2H3. The average molecular weight is 325 g/mol. The molecule has 0 spiro atoms. The van der Waals surface area contributed by atoms with E-state index >= 15 is 0 Å². The first-order chi connectivity index (χ1) is 11.1. The zero-order chi connectivity index (χ0) is 16.4. The number of non-ortho nitro benzene ring substituents is 1. The number of nitro benzene ring substituents is 1. The number of hydrogen-bond acceptors (Lipinski definition) is 5. The molecule has 0 radical (unpaired) electrons. The van der Waals surface area contributed by atoms with Gasteiger partial charge in [-0.25, -0.2) is 4.98 Å². The van der Waals surface area contributed by atoms with Gasteiger partial charge in [-0.3, -0.25) is 10.1 Å². The molecule has 0 amide bonds. The van der Waals surface area contributed by atoms with E-state index in [0.29, 0.717) is 0 Å². The Morgan fingerprint density at radius 3 is 2.57 bits per heavy atom. The van der Waals surface area contributed by atoms with Crippen molar-refractivity contribution >= 4 is 22.7 Å². The lowest BCUT2D eigenvalue weighted by Crippen LogP contribution is -1.94. The summed E-state index contributed by atoms with van der Waals surface area (Å²) in [5.41, 5.74) is 4.73. The Labute approximate surface area is 137 Å². The molecule has 2 aromatic carbocycles. The number of aromatic nitrogens is 1. The van der Waals surface area contributed by atoms with E-state index in [-0.39, 0.29) is 5.69 Å². The third-order valence-electron chi connectivity index (χ3n) is 3.57. The zero-order valence-electron chi connectivity index (χ0n) is 12.7. The Morgan fingerprint density at radius 1 is 1.17 bits per heavy atom. The van der Waals surface area contributed by atoms with Crippen LogP contribution in [-0.4, -0.2) is 17.0 Å². The fourth-order valence-electron chi connectivity index (χ4n) is 2.30. The first kappa shape index (κ1) is 15.2. The smallest absolute Gasteiger partial charge is 0.270 e. The summed E-state index contributed by atoms with van der Waals surface area (Å²) in [4.78, 5) is 15.3. The molecular weight excluding hydrogens is 310 g/mol. The SMILES string of the molecule is CNc1ccc([N+](=O)[O-])cc1-c1nc(-c2ccc(C)cc2)cs1. The van der Waals surface area contributed by atoms with Crippen molar-refractivity contribution in [3.05, 3.63) is 63.5 Å². The third kappa shape index (κ3) is 3.07. The van der Waals surface area contributed by atoms with Crippen molar-refractivity contribution in [3.63, 3.8) is 0 Å². The molecule has 0 saturated heterocycles. The molecular formula is C17H15N3O2S. The summed E-state index contributed by atoms with van der Waals surface area (Å²) in [7, 11) is 1.79. The van der Waals surface area contributed by atoms with Gasteiger partial charge in [0, 0.05) is 41.4 Å². The van der Waals surface area contributed by atoms with Gasteiger partial charge in [-0.05, 0) is 13.0 Å². The fraction of sp³-hybridized carbons (Fsp3) is 0.118. The van der Waals surface area contributed by atoms with Crippen LogP contribution >= 0.6 is 11.3 Å². The van der Waals surface area contributed by atoms with Crippen molar-refractivity contribution in [1.29, 1.82) is 0 Å². The average Bonchev–Trinajstić information content (AvgIpc) is 3.04. The molecule has 0 saturated carbocycles. The summed E-state index contributed by atoms with van der Waals surface area (Å²) in [6, 6.07) is 12.9. The molecule has 1 heterocycles. The van der Waals surface area contributed by atoms with E-state index in [4.69, 9.17) is 0 Å². The van der Waals surface area contributed by atoms with Gasteiger partial charge in [0.2, 0.25) is 0 Å². The number of nitrogens with zero attached hydrogens (tertiary/aromatic N) is 2. The third-order valence-corrected chi connectivity index (χ3v) is 4.44. The number of thiazole rings is 1. The summed E-state index contributed by atoms with van der Waals surface area (Å²) >= 11 is 1.48. The number of anilines is 1. The predicted molar refractivity (Wildman–Crippen MR) is 93.9 cm³/mol. The van der Waals surface area contributed by atoms with Gasteiger partial charge in [-0.15, -0.1) is 11.3 Å². The molecule has 116 valence electrons. The molecule has 1 aromatic heterocycles. The number of rotatable bonds is 4. The Morgan fingerprint density at radius 2 is 1.91 bits per heavy atom. The molecule has 0 aliphatic heterocycles. The summed E-state index contributed by atoms with van der Waals surface area (Å²) in [5, 5.41) is 16.8. The van der Waals surface area contributed by atoms with Gasteiger partial charge in [-0.2, -0.15) is 0 Å². The van der Waals surface area contributed by atoms with Crippen LogP contribution in [0.15, 0.2) is 47.8 Å². The van der Waals surface area contributed by atoms with Crippen LogP contribution in [0, 0.1) is 17.0 Å². The van der Waals surface area contributed by atoms with E-state index < -0.39 is 4.92 Å². The first-order valence-electron chi connectivity index (χ1n) is 7.07. The maximum Gasteiger partial charge on any atom is 0.270 e. The number of aryl methyl sites for hydroxylation is 1. The molecule has 0 bridgehead atoms. The van der Waals surface area contributed by atoms with Crippen LogP contribution in [0.4, 0.5) is 11.4 Å². The molecule has 6 heteroatoms. The number of benzene rings is 2. The van der Waals surface area contributed by atoms with Crippen LogP contribution in [0.2, 0.25) is 0 Å². The van der Waals surface area contributed by atoms with Crippen LogP contribution < -0.4 is 5.32 Å². The number of nitro groups is 1. The van der Waals surface area contributed by atoms with E-state index in [1.54, 1.807) is 19.2 Å². The fourth-order valence-corrected chi connectivity index (χ4v) is 3.15. The summed E-state index contributed by atoms with van der Waals surface area (Å²) in [6.07, 6.45) is 0. The van der Waals surface area contributed by atoms with Gasteiger partial charge >= 0.3 is 0 Å². The summed E-state index contributed by atoms with van der Waals surface area (Å²) in [6.45, 7) is 2.04. The highest BCUT2D eigenvalue weighted by Gasteiger charge is 2.15. The summed E-state index contributed by atoms with van der Waals surface area (Å²) < 4.78 is 0. The second kappa shape index (κ2) is 6.18. The lowest BCUT2D eigenvalue weighted by molar-refractivity contribution is -0.384. The van der Waals surface area contributed by atoms with Crippen LogP contribution in [0.25, 0.3) is 21.8 Å². The van der Waals surface area contributed by atoms with Gasteiger partial charge in [0.1, 0.15) is 5.01 Å². The van der Waals surface area contributed by atoms with Crippen molar-refractivity contribution in [2.45, 2.75) is 6.92 Å². The van der Waals surface area contributed by atoms with Gasteiger partial charge in [0.25, 0.3) is 5.69 Å². The van der Waals surface area contributed by atoms with E-state index in [2.05, 4.69) is 10.3 Å². The van der Waals surface area contributed by atoms with E-state index in [1.807, 2.05) is 36.6 Å². The zero-order valence-corrected chi connectivity index (χ0v) is 13.6. The van der Waals surface area contributed by atoms with Gasteiger partial charge in [0.05, 0.1) is 10.6 Å². The predicted octanol–water partition coefficient (Wildman–Crippen LogP) is 4.74. The highest BCUT2D eigenvalue weighted by atomic mass is 32.1. The van der Waals surface area contributed by atoms with E-state index in [1.165, 1.54) is 23.0 Å². The van der Waals surface area contributed by atoms with Crippen LogP contribution in [0.3, 0.4) is 0 Å². The molecule has 0 fully saturated rings. The molecule has 0 unspecified atom stereocenters. The minimum absolute atomic E-state index is 0.0612. The Bertz CT molecular complexity index is 857. The number of hydrogen-bond donors (Lipinski definition) is 1. The largest absolute Gasteiger partial charge is 0.388 e. The lowest BCUT2D eigenvalue weighted by Gasteiger charge is -2.06. The van der Waals surface area contributed by atoms with Gasteiger partial charge in [-0.1, -0.05) is 29.8 Å². The Hall–Kier alpha value is -2.73. The molecule has 3 aromatic rings. The van der Waals surface area contributed by atoms with E-state index in [9.17, 15) is 10.1 Å². The topological polar surface area (TPSA) is 68.1 Å². The number of nitrogens with one attached hydrogen (secondary N) is 1. The van der Waals surface area contributed by atoms with Crippen molar-refractivity contribution in [1.82, 2.24) is 4.98 Å². The Kier molecular flexibility index (Phi) is 4.08. The quantitative estimate of drug-likeness (QED) is 0.556. The van der Waals surface area contributed by atoms with E-state index in [0.717, 1.165) is 27.5 Å². The van der Waals surface area contributed by atoms with Gasteiger partial charge in [0.15, 0.2) is 0 Å². The minimum atomic E-state index is -0.391. The van der Waals surface area contributed by atoms with Crippen molar-refractivity contribution in [2.24, 2.45) is 0 Å². The van der Waals surface area contributed by atoms with Crippen molar-refractivity contribution in [2.75, 3.05) is 12.4 Å². The highest BCUT2D eigenvalue weighted by molar-refractivity contribution is 7.13. The Balaban J connectivity index is 2.04. The second-order valence-electron chi connectivity index (χ2n) is 5.14. The first-order valence-corrected chi connectivity index (χ1v) is 7.95. The van der Waals surface area contributed by atoms with Gasteiger partial charge < -0.3 is 5.32 Å². The molecule has 23 heavy (non-hydrogen) atoms. The molecule has 1 N–H and O–H groups in total. The molecule has 0 aliphatic carbocycles. The summed E-state index contributed by atoms with van der Waals surface area (Å²) in [5.74, 6) is 0. The maximum atomic E-state index is 11.0. The second-order valence-corrected chi connectivity index (χ2v) is 6.00. The minimum Gasteiger partial charge on any atom is -0.388 e.